The summed E-state index contributed by atoms with van der Waals surface area (Å²) in [6, 6.07) is 15.2. The predicted molar refractivity (Wildman–Crippen MR) is 116 cm³/mol. The molecular formula is C21H23N7O2. The molecule has 0 bridgehead atoms. The van der Waals surface area contributed by atoms with Crippen LogP contribution in [-0.4, -0.2) is 46.5 Å². The summed E-state index contributed by atoms with van der Waals surface area (Å²) in [6.07, 6.45) is 0. The molecule has 9 heteroatoms. The van der Waals surface area contributed by atoms with Crippen molar-refractivity contribution >= 4 is 29.1 Å². The Kier molecular flexibility index (Phi) is 5.82. The van der Waals surface area contributed by atoms with Gasteiger partial charge in [0.1, 0.15) is 11.5 Å². The maximum atomic E-state index is 12.9. The maximum Gasteiger partial charge on any atom is 0.321 e. The Labute approximate surface area is 174 Å². The number of nitrogens with two attached hydrogens (primary N) is 1. The van der Waals surface area contributed by atoms with Gasteiger partial charge in [0.05, 0.1) is 11.4 Å². The number of amides is 3. The smallest absolute Gasteiger partial charge is 0.321 e. The predicted octanol–water partition coefficient (Wildman–Crippen LogP) is 2.81. The Morgan fingerprint density at radius 3 is 2.27 bits per heavy atom. The van der Waals surface area contributed by atoms with Crippen molar-refractivity contribution < 1.29 is 9.59 Å². The molecule has 0 fully saturated rings. The number of amidine groups is 1. The van der Waals surface area contributed by atoms with E-state index in [1.165, 1.54) is 9.58 Å². The lowest BCUT2D eigenvalue weighted by molar-refractivity contribution is 0.101. The first-order valence-electron chi connectivity index (χ1n) is 9.16. The van der Waals surface area contributed by atoms with E-state index >= 15 is 0 Å². The van der Waals surface area contributed by atoms with Crippen molar-refractivity contribution in [2.75, 3.05) is 24.7 Å². The molecule has 0 aliphatic carbocycles. The first-order chi connectivity index (χ1) is 14.2. The number of hydrogen-bond donors (Lipinski definition) is 4. The SMILES string of the molecule is Cc1cc(C(=O)Nc2ccc(NC(=O)N(C)C)cc2)n(-c2cccc(C(=N)N)c2)n1. The van der Waals surface area contributed by atoms with Gasteiger partial charge in [0.25, 0.3) is 5.91 Å². The summed E-state index contributed by atoms with van der Waals surface area (Å²) < 4.78 is 1.52. The quantitative estimate of drug-likeness (QED) is 0.384. The number of nitrogens with zero attached hydrogens (tertiary/aromatic N) is 3. The lowest BCUT2D eigenvalue weighted by Gasteiger charge is -2.13. The topological polar surface area (TPSA) is 129 Å². The molecule has 0 aliphatic rings. The third-order valence-corrected chi connectivity index (χ3v) is 4.27. The van der Waals surface area contributed by atoms with Crippen LogP contribution in [0, 0.1) is 12.3 Å². The molecule has 2 aromatic carbocycles. The Hall–Kier alpha value is -4.14. The number of carbonyl (C=O) groups excluding carboxylic acids is 2. The molecule has 0 aliphatic heterocycles. The normalized spacial score (nSPS) is 10.4. The number of benzene rings is 2. The van der Waals surface area contributed by atoms with E-state index in [0.717, 1.165) is 0 Å². The van der Waals surface area contributed by atoms with E-state index in [1.807, 2.05) is 0 Å². The molecule has 0 radical (unpaired) electrons. The van der Waals surface area contributed by atoms with Crippen LogP contribution < -0.4 is 16.4 Å². The minimum atomic E-state index is -0.339. The highest BCUT2D eigenvalue weighted by Gasteiger charge is 2.16. The van der Waals surface area contributed by atoms with Gasteiger partial charge in [-0.2, -0.15) is 5.10 Å². The first kappa shape index (κ1) is 20.6. The number of anilines is 2. The summed E-state index contributed by atoms with van der Waals surface area (Å²) in [6.45, 7) is 1.80. The Balaban J connectivity index is 1.81. The lowest BCUT2D eigenvalue weighted by atomic mass is 10.2. The summed E-state index contributed by atoms with van der Waals surface area (Å²) in [5.74, 6) is -0.401. The van der Waals surface area contributed by atoms with Crippen molar-refractivity contribution in [3.63, 3.8) is 0 Å². The summed E-state index contributed by atoms with van der Waals surface area (Å²) in [4.78, 5) is 26.0. The average Bonchev–Trinajstić information content (AvgIpc) is 3.11. The Bertz CT molecular complexity index is 1100. The summed E-state index contributed by atoms with van der Waals surface area (Å²) >= 11 is 0. The van der Waals surface area contributed by atoms with Crippen LogP contribution in [-0.2, 0) is 0 Å². The molecule has 1 aromatic heterocycles. The molecule has 9 nitrogen and oxygen atoms in total. The number of nitrogens with one attached hydrogen (secondary N) is 3. The van der Waals surface area contributed by atoms with Gasteiger partial charge in [0.15, 0.2) is 0 Å². The van der Waals surface area contributed by atoms with E-state index < -0.39 is 0 Å². The third kappa shape index (κ3) is 4.64. The van der Waals surface area contributed by atoms with E-state index in [-0.39, 0.29) is 17.8 Å². The molecule has 0 saturated heterocycles. The van der Waals surface area contributed by atoms with Crippen molar-refractivity contribution in [2.24, 2.45) is 5.73 Å². The van der Waals surface area contributed by atoms with Gasteiger partial charge in [0.2, 0.25) is 0 Å². The summed E-state index contributed by atoms with van der Waals surface area (Å²) in [7, 11) is 3.31. The second-order valence-electron chi connectivity index (χ2n) is 6.90. The maximum absolute atomic E-state index is 12.9. The van der Waals surface area contributed by atoms with Crippen molar-refractivity contribution in [2.45, 2.75) is 6.92 Å². The molecule has 0 saturated carbocycles. The van der Waals surface area contributed by atoms with E-state index in [9.17, 15) is 9.59 Å². The van der Waals surface area contributed by atoms with Gasteiger partial charge in [-0.05, 0) is 49.4 Å². The van der Waals surface area contributed by atoms with Crippen LogP contribution >= 0.6 is 0 Å². The fraction of sp³-hybridized carbons (Fsp3) is 0.143. The minimum Gasteiger partial charge on any atom is -0.384 e. The lowest BCUT2D eigenvalue weighted by Crippen LogP contribution is -2.27. The van der Waals surface area contributed by atoms with Gasteiger partial charge >= 0.3 is 6.03 Å². The number of nitrogen functional groups attached to an aromatic ring is 1. The fourth-order valence-corrected chi connectivity index (χ4v) is 2.73. The Morgan fingerprint density at radius 1 is 1.03 bits per heavy atom. The molecule has 30 heavy (non-hydrogen) atoms. The Morgan fingerprint density at radius 2 is 1.67 bits per heavy atom. The minimum absolute atomic E-state index is 0.0619. The summed E-state index contributed by atoms with van der Waals surface area (Å²) in [5.41, 5.74) is 8.96. The first-order valence-corrected chi connectivity index (χ1v) is 9.16. The van der Waals surface area contributed by atoms with E-state index in [0.29, 0.717) is 34.0 Å². The molecule has 0 atom stereocenters. The fourth-order valence-electron chi connectivity index (χ4n) is 2.73. The van der Waals surface area contributed by atoms with Crippen molar-refractivity contribution in [1.29, 1.82) is 5.41 Å². The zero-order chi connectivity index (χ0) is 21.8. The number of aromatic nitrogens is 2. The van der Waals surface area contributed by atoms with Crippen molar-refractivity contribution in [1.82, 2.24) is 14.7 Å². The van der Waals surface area contributed by atoms with Crippen LogP contribution in [0.1, 0.15) is 21.7 Å². The number of hydrogen-bond acceptors (Lipinski definition) is 4. The molecule has 0 unspecified atom stereocenters. The highest BCUT2D eigenvalue weighted by Crippen LogP contribution is 2.18. The molecule has 3 amide bonds. The second kappa shape index (κ2) is 8.48. The van der Waals surface area contributed by atoms with Gasteiger partial charge in [-0.1, -0.05) is 12.1 Å². The summed E-state index contributed by atoms with van der Waals surface area (Å²) in [5, 5.41) is 17.6. The molecule has 3 rings (SSSR count). The largest absolute Gasteiger partial charge is 0.384 e. The van der Waals surface area contributed by atoms with Crippen LogP contribution in [0.15, 0.2) is 54.6 Å². The molecule has 1 heterocycles. The zero-order valence-electron chi connectivity index (χ0n) is 16.9. The monoisotopic (exact) mass is 405 g/mol. The number of rotatable bonds is 5. The number of urea groups is 1. The van der Waals surface area contributed by atoms with Crippen molar-refractivity contribution in [3.05, 3.63) is 71.5 Å². The molecular weight excluding hydrogens is 382 g/mol. The zero-order valence-corrected chi connectivity index (χ0v) is 16.9. The van der Waals surface area contributed by atoms with Crippen molar-refractivity contribution in [3.8, 4) is 5.69 Å². The third-order valence-electron chi connectivity index (χ3n) is 4.27. The van der Waals surface area contributed by atoms with E-state index in [2.05, 4.69) is 15.7 Å². The average molecular weight is 405 g/mol. The molecule has 5 N–H and O–H groups in total. The van der Waals surface area contributed by atoms with Crippen LogP contribution in [0.25, 0.3) is 5.69 Å². The highest BCUT2D eigenvalue weighted by molar-refractivity contribution is 6.04. The van der Waals surface area contributed by atoms with Crippen LogP contribution in [0.2, 0.25) is 0 Å². The van der Waals surface area contributed by atoms with E-state index in [4.69, 9.17) is 11.1 Å². The van der Waals surface area contributed by atoms with Gasteiger partial charge in [0, 0.05) is 31.0 Å². The second-order valence-corrected chi connectivity index (χ2v) is 6.90. The van der Waals surface area contributed by atoms with E-state index in [1.54, 1.807) is 75.6 Å². The van der Waals surface area contributed by atoms with Gasteiger partial charge in [-0.15, -0.1) is 0 Å². The molecule has 0 spiro atoms. The standard InChI is InChI=1S/C21H23N7O2/c1-13-11-18(28(26-13)17-6-4-5-14(12-17)19(22)23)20(29)24-15-7-9-16(10-8-15)25-21(30)27(2)3/h4-12H,1-3H3,(H3,22,23)(H,24,29)(H,25,30). The number of aryl methyl sites for hydroxylation is 1. The van der Waals surface area contributed by atoms with Crippen LogP contribution in [0.4, 0.5) is 16.2 Å². The number of carbonyl (C=O) groups is 2. The van der Waals surface area contributed by atoms with Gasteiger partial charge in [-0.25, -0.2) is 9.48 Å². The molecule has 3 aromatic rings. The van der Waals surface area contributed by atoms with Gasteiger partial charge < -0.3 is 21.3 Å². The highest BCUT2D eigenvalue weighted by atomic mass is 16.2. The van der Waals surface area contributed by atoms with Crippen LogP contribution in [0.5, 0.6) is 0 Å². The van der Waals surface area contributed by atoms with Gasteiger partial charge in [-0.3, -0.25) is 10.2 Å². The van der Waals surface area contributed by atoms with Crippen LogP contribution in [0.3, 0.4) is 0 Å². The molecule has 154 valence electrons.